The van der Waals surface area contributed by atoms with Gasteiger partial charge in [-0.05, 0) is 67.5 Å². The van der Waals surface area contributed by atoms with Crippen LogP contribution in [0.2, 0.25) is 0 Å². The Morgan fingerprint density at radius 1 is 0.968 bits per heavy atom. The Hall–Kier alpha value is -2.26. The first-order chi connectivity index (χ1) is 14.9. The molecule has 2 aromatic carbocycles. The zero-order valence-corrected chi connectivity index (χ0v) is 20.1. The number of anilines is 1. The van der Waals surface area contributed by atoms with Crippen LogP contribution in [0, 0.1) is 5.92 Å². The molecule has 1 heterocycles. The van der Waals surface area contributed by atoms with E-state index >= 15 is 0 Å². The second kappa shape index (κ2) is 11.4. The van der Waals surface area contributed by atoms with Crippen molar-refractivity contribution in [3.8, 4) is 0 Å². The fraction of sp³-hybridized carbons (Fsp3) is 0.500. The topological polar surface area (TPSA) is 9.72 Å². The molecule has 0 atom stereocenters. The van der Waals surface area contributed by atoms with Crippen molar-refractivity contribution in [2.75, 3.05) is 45.2 Å². The summed E-state index contributed by atoms with van der Waals surface area (Å²) >= 11 is 0. The van der Waals surface area contributed by atoms with Crippen LogP contribution in [0.5, 0.6) is 0 Å². The summed E-state index contributed by atoms with van der Waals surface area (Å²) in [5, 5.41) is 0. The molecular formula is C28H41N3. The van der Waals surface area contributed by atoms with E-state index in [1.165, 1.54) is 47.3 Å². The van der Waals surface area contributed by atoms with Gasteiger partial charge in [0, 0.05) is 51.2 Å². The molecule has 0 unspecified atom stereocenters. The quantitative estimate of drug-likeness (QED) is 0.474. The van der Waals surface area contributed by atoms with Crippen molar-refractivity contribution >= 4 is 11.4 Å². The zero-order chi connectivity index (χ0) is 22.2. The fourth-order valence-corrected chi connectivity index (χ4v) is 4.52. The molecule has 0 aromatic heterocycles. The van der Waals surface area contributed by atoms with E-state index < -0.39 is 0 Å². The maximum atomic E-state index is 4.40. The summed E-state index contributed by atoms with van der Waals surface area (Å²) in [6, 6.07) is 17.8. The Kier molecular flexibility index (Phi) is 8.60. The molecule has 0 aliphatic carbocycles. The minimum Gasteiger partial charge on any atom is -0.373 e. The van der Waals surface area contributed by atoms with Crippen molar-refractivity contribution < 1.29 is 0 Å². The van der Waals surface area contributed by atoms with Crippen LogP contribution in [0.4, 0.5) is 5.69 Å². The molecule has 0 N–H and O–H groups in total. The summed E-state index contributed by atoms with van der Waals surface area (Å²) < 4.78 is 0. The smallest absolute Gasteiger partial charge is 0.0396 e. The average molecular weight is 420 g/mol. The van der Waals surface area contributed by atoms with E-state index in [2.05, 4.69) is 97.8 Å². The number of likely N-dealkylation sites (N-methyl/N-ethyl adjacent to an activating group) is 2. The normalized spacial score (nSPS) is 14.3. The number of benzene rings is 2. The first-order valence-electron chi connectivity index (χ1n) is 11.9. The number of hydrogen-bond acceptors (Lipinski definition) is 3. The predicted octanol–water partition coefficient (Wildman–Crippen LogP) is 5.91. The number of nitrogens with zero attached hydrogens (tertiary/aromatic N) is 3. The molecule has 31 heavy (non-hydrogen) atoms. The molecule has 0 saturated carbocycles. The molecular weight excluding hydrogens is 378 g/mol. The predicted molar refractivity (Wildman–Crippen MR) is 135 cm³/mol. The largest absolute Gasteiger partial charge is 0.373 e. The highest BCUT2D eigenvalue weighted by atomic mass is 15.2. The van der Waals surface area contributed by atoms with Crippen molar-refractivity contribution in [1.29, 1.82) is 0 Å². The maximum Gasteiger partial charge on any atom is 0.0396 e. The van der Waals surface area contributed by atoms with Crippen molar-refractivity contribution in [1.82, 2.24) is 9.80 Å². The lowest BCUT2D eigenvalue weighted by Crippen LogP contribution is -2.31. The number of rotatable bonds is 10. The fourth-order valence-electron chi connectivity index (χ4n) is 4.52. The van der Waals surface area contributed by atoms with Gasteiger partial charge in [-0.3, -0.25) is 0 Å². The van der Waals surface area contributed by atoms with Crippen molar-refractivity contribution in [2.45, 2.75) is 46.1 Å². The number of para-hydroxylation sites is 1. The molecule has 1 saturated heterocycles. The Balaban J connectivity index is 1.55. The Morgan fingerprint density at radius 3 is 2.45 bits per heavy atom. The van der Waals surface area contributed by atoms with Gasteiger partial charge in [-0.25, -0.2) is 0 Å². The Morgan fingerprint density at radius 2 is 1.71 bits per heavy atom. The Labute approximate surface area is 190 Å². The summed E-state index contributed by atoms with van der Waals surface area (Å²) in [6.07, 6.45) is 5.06. The van der Waals surface area contributed by atoms with E-state index in [1.54, 1.807) is 0 Å². The minimum absolute atomic E-state index is 0.671. The summed E-state index contributed by atoms with van der Waals surface area (Å²) in [6.45, 7) is 14.3. The van der Waals surface area contributed by atoms with Crippen molar-refractivity contribution in [3.05, 3.63) is 71.8 Å². The highest BCUT2D eigenvalue weighted by molar-refractivity contribution is 5.62. The molecule has 3 nitrogen and oxygen atoms in total. The van der Waals surface area contributed by atoms with Crippen LogP contribution in [0.3, 0.4) is 0 Å². The molecule has 3 heteroatoms. The molecule has 1 aliphatic rings. The molecule has 0 bridgehead atoms. The summed E-state index contributed by atoms with van der Waals surface area (Å²) in [4.78, 5) is 7.28. The third-order valence-corrected chi connectivity index (χ3v) is 6.30. The van der Waals surface area contributed by atoms with Gasteiger partial charge in [0.15, 0.2) is 0 Å². The molecule has 0 amide bonds. The SMILES string of the molecule is C=C(c1cccc(CN(C)CCN(C)c2ccccc2CC(C)C)c1)N1CCCCC1. The molecule has 3 rings (SSSR count). The van der Waals surface area contributed by atoms with Crippen LogP contribution < -0.4 is 4.90 Å². The number of piperidine rings is 1. The Bertz CT molecular complexity index is 836. The first kappa shape index (κ1) is 23.4. The van der Waals surface area contributed by atoms with E-state index in [1.807, 2.05) is 0 Å². The van der Waals surface area contributed by atoms with Crippen molar-refractivity contribution in [2.24, 2.45) is 5.92 Å². The highest BCUT2D eigenvalue weighted by Gasteiger charge is 2.14. The van der Waals surface area contributed by atoms with E-state index in [0.29, 0.717) is 5.92 Å². The second-order valence-corrected chi connectivity index (χ2v) is 9.58. The average Bonchev–Trinajstić information content (AvgIpc) is 2.77. The highest BCUT2D eigenvalue weighted by Crippen LogP contribution is 2.24. The van der Waals surface area contributed by atoms with Gasteiger partial charge in [0.05, 0.1) is 0 Å². The molecule has 168 valence electrons. The molecule has 1 fully saturated rings. The van der Waals surface area contributed by atoms with Crippen LogP contribution in [0.25, 0.3) is 5.70 Å². The lowest BCUT2D eigenvalue weighted by Gasteiger charge is -2.31. The van der Waals surface area contributed by atoms with E-state index in [9.17, 15) is 0 Å². The lowest BCUT2D eigenvalue weighted by molar-refractivity contribution is 0.326. The number of likely N-dealkylation sites (tertiary alicyclic amines) is 1. The molecule has 2 aromatic rings. The summed E-state index contributed by atoms with van der Waals surface area (Å²) in [7, 11) is 4.44. The maximum absolute atomic E-state index is 4.40. The second-order valence-electron chi connectivity index (χ2n) is 9.58. The van der Waals surface area contributed by atoms with Crippen molar-refractivity contribution in [3.63, 3.8) is 0 Å². The van der Waals surface area contributed by atoms with E-state index in [0.717, 1.165) is 39.1 Å². The first-order valence-corrected chi connectivity index (χ1v) is 11.9. The van der Waals surface area contributed by atoms with Gasteiger partial charge in [-0.15, -0.1) is 0 Å². The third kappa shape index (κ3) is 6.87. The van der Waals surface area contributed by atoms with Crippen LogP contribution >= 0.6 is 0 Å². The van der Waals surface area contributed by atoms with Gasteiger partial charge in [-0.1, -0.05) is 56.8 Å². The van der Waals surface area contributed by atoms with E-state index in [4.69, 9.17) is 0 Å². The van der Waals surface area contributed by atoms with Crippen LogP contribution in [0.15, 0.2) is 55.1 Å². The van der Waals surface area contributed by atoms with Gasteiger partial charge in [0.25, 0.3) is 0 Å². The minimum atomic E-state index is 0.671. The monoisotopic (exact) mass is 419 g/mol. The van der Waals surface area contributed by atoms with Crippen LogP contribution in [-0.2, 0) is 13.0 Å². The molecule has 0 radical (unpaired) electrons. The number of hydrogen-bond donors (Lipinski definition) is 0. The van der Waals surface area contributed by atoms with Crippen LogP contribution in [-0.4, -0.2) is 50.1 Å². The van der Waals surface area contributed by atoms with Gasteiger partial charge < -0.3 is 14.7 Å². The standard InChI is InChI=1S/C28H41N3/c1-23(2)20-27-13-7-8-15-28(27)30(5)19-18-29(4)22-25-12-11-14-26(21-25)24(3)31-16-9-6-10-17-31/h7-8,11-15,21,23H,3,6,9-10,16-20,22H2,1-2,4-5H3. The summed E-state index contributed by atoms with van der Waals surface area (Å²) in [5.41, 5.74) is 6.63. The molecule has 0 spiro atoms. The van der Waals surface area contributed by atoms with Crippen LogP contribution in [0.1, 0.15) is 49.8 Å². The van der Waals surface area contributed by atoms with Gasteiger partial charge in [0.1, 0.15) is 0 Å². The van der Waals surface area contributed by atoms with Gasteiger partial charge >= 0.3 is 0 Å². The lowest BCUT2D eigenvalue weighted by atomic mass is 10.0. The van der Waals surface area contributed by atoms with E-state index in [-0.39, 0.29) is 0 Å². The van der Waals surface area contributed by atoms with Gasteiger partial charge in [0.2, 0.25) is 0 Å². The third-order valence-electron chi connectivity index (χ3n) is 6.30. The molecule has 1 aliphatic heterocycles. The zero-order valence-electron chi connectivity index (χ0n) is 20.1. The van der Waals surface area contributed by atoms with Gasteiger partial charge in [-0.2, -0.15) is 0 Å². The summed E-state index contributed by atoms with van der Waals surface area (Å²) in [5.74, 6) is 0.671.